The van der Waals surface area contributed by atoms with Crippen molar-refractivity contribution in [3.8, 4) is 0 Å². The molecule has 0 radical (unpaired) electrons. The largest absolute Gasteiger partial charge is 0.312 e. The van der Waals surface area contributed by atoms with Crippen molar-refractivity contribution in [2.24, 2.45) is 11.8 Å². The second kappa shape index (κ2) is 4.87. The molecule has 0 amide bonds. The van der Waals surface area contributed by atoms with Crippen LogP contribution in [0.5, 0.6) is 0 Å². The molecule has 4 unspecified atom stereocenters. The van der Waals surface area contributed by atoms with E-state index in [1.54, 1.807) is 22.5 Å². The smallest absolute Gasteiger partial charge is 0.0561 e. The van der Waals surface area contributed by atoms with Gasteiger partial charge in [0.2, 0.25) is 0 Å². The summed E-state index contributed by atoms with van der Waals surface area (Å²) in [7, 11) is 2.07. The highest BCUT2D eigenvalue weighted by molar-refractivity contribution is 7.10. The van der Waals surface area contributed by atoms with Crippen molar-refractivity contribution < 1.29 is 0 Å². The highest BCUT2D eigenvalue weighted by atomic mass is 35.5. The number of nitrogens with one attached hydrogen (secondary N) is 1. The van der Waals surface area contributed by atoms with Crippen LogP contribution in [0.15, 0.2) is 35.7 Å². The Morgan fingerprint density at radius 2 is 2.15 bits per heavy atom. The highest BCUT2D eigenvalue weighted by Crippen LogP contribution is 2.64. The minimum atomic E-state index is 0.406. The standard InChI is InChI=1S/C17H18ClNS/c1-19-16(17-13(18)8-9-20-17)15-12-7-6-10-4-2-3-5-11(10)14(12)15/h2-5,8-9,12,14-16,19H,6-7H2,1H3. The molecule has 1 heterocycles. The van der Waals surface area contributed by atoms with Gasteiger partial charge in [0.25, 0.3) is 0 Å². The number of thiophene rings is 1. The molecule has 2 aromatic rings. The summed E-state index contributed by atoms with van der Waals surface area (Å²) in [6.07, 6.45) is 2.57. The SMILES string of the molecule is CNC(c1sccc1Cl)C1C2CCc3ccccc3C21. The molecule has 3 heteroatoms. The quantitative estimate of drug-likeness (QED) is 0.871. The monoisotopic (exact) mass is 303 g/mol. The summed E-state index contributed by atoms with van der Waals surface area (Å²) in [6.45, 7) is 0. The van der Waals surface area contributed by atoms with Crippen molar-refractivity contribution in [2.45, 2.75) is 24.8 Å². The van der Waals surface area contributed by atoms with Crippen molar-refractivity contribution >= 4 is 22.9 Å². The fourth-order valence-corrected chi connectivity index (χ4v) is 5.44. The van der Waals surface area contributed by atoms with Crippen LogP contribution in [-0.4, -0.2) is 7.05 Å². The lowest BCUT2D eigenvalue weighted by Crippen LogP contribution is -2.18. The van der Waals surface area contributed by atoms with E-state index in [0.717, 1.165) is 16.9 Å². The predicted octanol–water partition coefficient (Wildman–Crippen LogP) is 4.64. The Morgan fingerprint density at radius 3 is 2.90 bits per heavy atom. The van der Waals surface area contributed by atoms with Gasteiger partial charge in [-0.25, -0.2) is 0 Å². The molecule has 20 heavy (non-hydrogen) atoms. The molecule has 0 spiro atoms. The molecule has 2 aliphatic carbocycles. The van der Waals surface area contributed by atoms with Gasteiger partial charge in [-0.2, -0.15) is 0 Å². The molecule has 104 valence electrons. The lowest BCUT2D eigenvalue weighted by Gasteiger charge is -2.16. The maximum atomic E-state index is 6.35. The second-order valence-corrected chi connectivity index (χ2v) is 7.26. The van der Waals surface area contributed by atoms with Crippen molar-refractivity contribution in [3.63, 3.8) is 0 Å². The van der Waals surface area contributed by atoms with E-state index in [1.165, 1.54) is 17.7 Å². The number of aryl methyl sites for hydroxylation is 1. The van der Waals surface area contributed by atoms with Crippen LogP contribution < -0.4 is 5.32 Å². The molecule has 4 atom stereocenters. The molecule has 0 saturated heterocycles. The number of rotatable bonds is 3. The van der Waals surface area contributed by atoms with Crippen LogP contribution in [0.4, 0.5) is 0 Å². The van der Waals surface area contributed by atoms with E-state index in [0.29, 0.717) is 12.0 Å². The Kier molecular flexibility index (Phi) is 3.13. The van der Waals surface area contributed by atoms with Gasteiger partial charge in [-0.3, -0.25) is 0 Å². The molecule has 4 rings (SSSR count). The van der Waals surface area contributed by atoms with Crippen LogP contribution in [0.3, 0.4) is 0 Å². The van der Waals surface area contributed by atoms with Gasteiger partial charge >= 0.3 is 0 Å². The second-order valence-electron chi connectivity index (χ2n) is 5.90. The summed E-state index contributed by atoms with van der Waals surface area (Å²) < 4.78 is 0. The van der Waals surface area contributed by atoms with Gasteiger partial charge in [0, 0.05) is 10.9 Å². The molecular weight excluding hydrogens is 286 g/mol. The van der Waals surface area contributed by atoms with Gasteiger partial charge in [0.05, 0.1) is 5.02 Å². The van der Waals surface area contributed by atoms with Crippen LogP contribution in [-0.2, 0) is 6.42 Å². The highest BCUT2D eigenvalue weighted by Gasteiger charge is 2.56. The first-order valence-electron chi connectivity index (χ1n) is 7.29. The summed E-state index contributed by atoms with van der Waals surface area (Å²) in [4.78, 5) is 1.31. The lowest BCUT2D eigenvalue weighted by molar-refractivity contribution is 0.491. The minimum Gasteiger partial charge on any atom is -0.312 e. The zero-order valence-electron chi connectivity index (χ0n) is 11.5. The van der Waals surface area contributed by atoms with Crippen LogP contribution in [0.1, 0.15) is 34.4 Å². The zero-order chi connectivity index (χ0) is 13.7. The summed E-state index contributed by atoms with van der Waals surface area (Å²) in [5, 5.41) is 6.54. The number of benzene rings is 1. The van der Waals surface area contributed by atoms with E-state index in [-0.39, 0.29) is 0 Å². The first kappa shape index (κ1) is 12.9. The maximum Gasteiger partial charge on any atom is 0.0561 e. The molecule has 0 aliphatic heterocycles. The van der Waals surface area contributed by atoms with Gasteiger partial charge in [-0.1, -0.05) is 35.9 Å². The average molecular weight is 304 g/mol. The Morgan fingerprint density at radius 1 is 1.30 bits per heavy atom. The van der Waals surface area contributed by atoms with Gasteiger partial charge in [0.15, 0.2) is 0 Å². The van der Waals surface area contributed by atoms with E-state index in [9.17, 15) is 0 Å². The molecule has 1 nitrogen and oxygen atoms in total. The molecule has 1 fully saturated rings. The molecule has 1 aromatic carbocycles. The lowest BCUT2D eigenvalue weighted by atomic mass is 9.92. The average Bonchev–Trinajstić information content (AvgIpc) is 3.06. The van der Waals surface area contributed by atoms with E-state index >= 15 is 0 Å². The van der Waals surface area contributed by atoms with Crippen LogP contribution in [0.25, 0.3) is 0 Å². The number of hydrogen-bond acceptors (Lipinski definition) is 2. The number of halogens is 1. The number of fused-ring (bicyclic) bond motifs is 3. The first-order valence-corrected chi connectivity index (χ1v) is 8.55. The van der Waals surface area contributed by atoms with Crippen molar-refractivity contribution in [2.75, 3.05) is 7.05 Å². The Bertz CT molecular complexity index is 635. The molecule has 1 N–H and O–H groups in total. The topological polar surface area (TPSA) is 12.0 Å². The Labute approximate surface area is 129 Å². The van der Waals surface area contributed by atoms with E-state index in [2.05, 4.69) is 42.0 Å². The van der Waals surface area contributed by atoms with Gasteiger partial charge in [0.1, 0.15) is 0 Å². The van der Waals surface area contributed by atoms with Crippen LogP contribution in [0, 0.1) is 11.8 Å². The van der Waals surface area contributed by atoms with E-state index in [1.807, 2.05) is 6.07 Å². The van der Waals surface area contributed by atoms with E-state index < -0.39 is 0 Å². The number of hydrogen-bond donors (Lipinski definition) is 1. The summed E-state index contributed by atoms with van der Waals surface area (Å²) >= 11 is 8.14. The van der Waals surface area contributed by atoms with E-state index in [4.69, 9.17) is 11.6 Å². The third kappa shape index (κ3) is 1.86. The van der Waals surface area contributed by atoms with Crippen LogP contribution >= 0.6 is 22.9 Å². The normalized spacial score (nSPS) is 28.6. The van der Waals surface area contributed by atoms with Gasteiger partial charge < -0.3 is 5.32 Å². The maximum absolute atomic E-state index is 6.35. The summed E-state index contributed by atoms with van der Waals surface area (Å²) in [6, 6.07) is 11.4. The summed E-state index contributed by atoms with van der Waals surface area (Å²) in [5.41, 5.74) is 3.14. The van der Waals surface area contributed by atoms with Crippen LogP contribution in [0.2, 0.25) is 5.02 Å². The first-order chi connectivity index (χ1) is 9.81. The Balaban J connectivity index is 1.67. The van der Waals surface area contributed by atoms with Gasteiger partial charge in [-0.05, 0) is 60.2 Å². The van der Waals surface area contributed by atoms with Crippen molar-refractivity contribution in [1.29, 1.82) is 0 Å². The molecule has 1 aromatic heterocycles. The zero-order valence-corrected chi connectivity index (χ0v) is 13.0. The molecule has 0 bridgehead atoms. The predicted molar refractivity (Wildman–Crippen MR) is 85.6 cm³/mol. The van der Waals surface area contributed by atoms with Crippen molar-refractivity contribution in [3.05, 3.63) is 56.7 Å². The third-order valence-corrected chi connectivity index (χ3v) is 6.46. The fourth-order valence-electron chi connectivity index (χ4n) is 4.10. The third-order valence-electron chi connectivity index (χ3n) is 5.01. The molecule has 2 aliphatic rings. The minimum absolute atomic E-state index is 0.406. The van der Waals surface area contributed by atoms with Crippen molar-refractivity contribution in [1.82, 2.24) is 5.32 Å². The van der Waals surface area contributed by atoms with Gasteiger partial charge in [-0.15, -0.1) is 11.3 Å². The Hall–Kier alpha value is -0.830. The molecule has 1 saturated carbocycles. The molecular formula is C17H18ClNS. The summed E-state index contributed by atoms with van der Waals surface area (Å²) in [5.74, 6) is 2.27. The fraction of sp³-hybridized carbons (Fsp3) is 0.412.